The molecule has 0 aromatic heterocycles. The fraction of sp³-hybridized carbons (Fsp3) is 0.417. The number of ether oxygens (including phenoxy) is 1. The molecule has 2 aromatic carbocycles. The fourth-order valence-electron chi connectivity index (χ4n) is 3.82. The first-order valence-corrected chi connectivity index (χ1v) is 10.8. The second kappa shape index (κ2) is 10.5. The van der Waals surface area contributed by atoms with Crippen LogP contribution in [0.25, 0.3) is 0 Å². The molecule has 1 aliphatic carbocycles. The van der Waals surface area contributed by atoms with Gasteiger partial charge in [0.1, 0.15) is 11.8 Å². The molecule has 1 saturated carbocycles. The van der Waals surface area contributed by atoms with Gasteiger partial charge in [0.05, 0.1) is 13.5 Å². The first-order chi connectivity index (χ1) is 14.5. The molecule has 160 valence electrons. The number of hydrogen-bond acceptors (Lipinski definition) is 3. The van der Waals surface area contributed by atoms with Gasteiger partial charge in [-0.2, -0.15) is 0 Å². The van der Waals surface area contributed by atoms with Crippen LogP contribution in [0.4, 0.5) is 0 Å². The Morgan fingerprint density at radius 2 is 1.83 bits per heavy atom. The Labute approximate surface area is 183 Å². The lowest BCUT2D eigenvalue weighted by atomic mass is 10.1. The van der Waals surface area contributed by atoms with Gasteiger partial charge in [-0.1, -0.05) is 48.7 Å². The summed E-state index contributed by atoms with van der Waals surface area (Å²) in [5.41, 5.74) is 1.78. The van der Waals surface area contributed by atoms with Crippen LogP contribution in [0, 0.1) is 0 Å². The van der Waals surface area contributed by atoms with E-state index in [-0.39, 0.29) is 24.3 Å². The molecule has 0 bridgehead atoms. The van der Waals surface area contributed by atoms with Gasteiger partial charge in [0, 0.05) is 17.6 Å². The molecular formula is C24H29ClN2O3. The third kappa shape index (κ3) is 5.99. The van der Waals surface area contributed by atoms with E-state index >= 15 is 0 Å². The average Bonchev–Trinajstić information content (AvgIpc) is 3.26. The van der Waals surface area contributed by atoms with Gasteiger partial charge in [-0.15, -0.1) is 0 Å². The summed E-state index contributed by atoms with van der Waals surface area (Å²) >= 11 is 5.96. The summed E-state index contributed by atoms with van der Waals surface area (Å²) in [5, 5.41) is 3.75. The first-order valence-electron chi connectivity index (χ1n) is 10.4. The largest absolute Gasteiger partial charge is 0.497 e. The topological polar surface area (TPSA) is 58.6 Å². The van der Waals surface area contributed by atoms with E-state index in [1.807, 2.05) is 36.4 Å². The number of halogens is 1. The Bertz CT molecular complexity index is 863. The molecule has 5 nitrogen and oxygen atoms in total. The van der Waals surface area contributed by atoms with Gasteiger partial charge in [0.2, 0.25) is 11.8 Å². The van der Waals surface area contributed by atoms with E-state index in [1.54, 1.807) is 31.1 Å². The van der Waals surface area contributed by atoms with Crippen LogP contribution in [-0.4, -0.2) is 35.9 Å². The van der Waals surface area contributed by atoms with Gasteiger partial charge in [-0.05, 0) is 55.2 Å². The summed E-state index contributed by atoms with van der Waals surface area (Å²) in [6.45, 7) is 2.13. The van der Waals surface area contributed by atoms with Crippen LogP contribution in [0.3, 0.4) is 0 Å². The van der Waals surface area contributed by atoms with Crippen molar-refractivity contribution in [2.45, 2.75) is 57.7 Å². The van der Waals surface area contributed by atoms with Crippen molar-refractivity contribution in [3.05, 3.63) is 64.7 Å². The van der Waals surface area contributed by atoms with Crippen molar-refractivity contribution in [2.75, 3.05) is 7.11 Å². The highest BCUT2D eigenvalue weighted by Gasteiger charge is 2.28. The molecule has 0 spiro atoms. The number of benzene rings is 2. The summed E-state index contributed by atoms with van der Waals surface area (Å²) in [7, 11) is 1.61. The second-order valence-corrected chi connectivity index (χ2v) is 8.28. The van der Waals surface area contributed by atoms with Crippen molar-refractivity contribution in [2.24, 2.45) is 0 Å². The number of rotatable bonds is 8. The molecule has 30 heavy (non-hydrogen) atoms. The zero-order valence-electron chi connectivity index (χ0n) is 17.6. The van der Waals surface area contributed by atoms with Crippen LogP contribution < -0.4 is 10.1 Å². The molecule has 2 aromatic rings. The molecular weight excluding hydrogens is 400 g/mol. The van der Waals surface area contributed by atoms with Gasteiger partial charge in [-0.25, -0.2) is 0 Å². The van der Waals surface area contributed by atoms with Crippen LogP contribution in [0.1, 0.15) is 43.7 Å². The van der Waals surface area contributed by atoms with Crippen molar-refractivity contribution in [3.63, 3.8) is 0 Å². The maximum absolute atomic E-state index is 13.2. The van der Waals surface area contributed by atoms with Crippen LogP contribution in [0.2, 0.25) is 5.02 Å². The minimum atomic E-state index is -0.573. The lowest BCUT2D eigenvalue weighted by Gasteiger charge is -2.30. The predicted octanol–water partition coefficient (Wildman–Crippen LogP) is 4.37. The van der Waals surface area contributed by atoms with E-state index in [1.165, 1.54) is 0 Å². The average molecular weight is 429 g/mol. The Balaban J connectivity index is 1.77. The number of carbonyl (C=O) groups excluding carboxylic acids is 2. The summed E-state index contributed by atoms with van der Waals surface area (Å²) in [6, 6.07) is 14.4. The quantitative estimate of drug-likeness (QED) is 0.679. The maximum Gasteiger partial charge on any atom is 0.242 e. The summed E-state index contributed by atoms with van der Waals surface area (Å²) in [4.78, 5) is 27.8. The molecule has 0 saturated heterocycles. The van der Waals surface area contributed by atoms with E-state index in [0.717, 1.165) is 42.6 Å². The third-order valence-electron chi connectivity index (χ3n) is 5.62. The van der Waals surface area contributed by atoms with E-state index < -0.39 is 6.04 Å². The number of nitrogens with zero attached hydrogens (tertiary/aromatic N) is 1. The Morgan fingerprint density at radius 3 is 2.50 bits per heavy atom. The molecule has 6 heteroatoms. The van der Waals surface area contributed by atoms with E-state index in [4.69, 9.17) is 16.3 Å². The van der Waals surface area contributed by atoms with Crippen LogP contribution in [0.5, 0.6) is 5.75 Å². The van der Waals surface area contributed by atoms with Crippen molar-refractivity contribution in [3.8, 4) is 5.75 Å². The van der Waals surface area contributed by atoms with E-state index in [9.17, 15) is 9.59 Å². The van der Waals surface area contributed by atoms with Crippen molar-refractivity contribution in [1.82, 2.24) is 10.2 Å². The van der Waals surface area contributed by atoms with Crippen LogP contribution >= 0.6 is 11.6 Å². The minimum Gasteiger partial charge on any atom is -0.497 e. The van der Waals surface area contributed by atoms with Gasteiger partial charge >= 0.3 is 0 Å². The van der Waals surface area contributed by atoms with Crippen LogP contribution in [0.15, 0.2) is 48.5 Å². The van der Waals surface area contributed by atoms with Gasteiger partial charge in [0.15, 0.2) is 0 Å². The minimum absolute atomic E-state index is 0.103. The van der Waals surface area contributed by atoms with Crippen molar-refractivity contribution in [1.29, 1.82) is 0 Å². The lowest BCUT2D eigenvalue weighted by Crippen LogP contribution is -2.50. The number of amides is 2. The summed E-state index contributed by atoms with van der Waals surface area (Å²) < 4.78 is 5.31. The zero-order valence-corrected chi connectivity index (χ0v) is 18.3. The summed E-state index contributed by atoms with van der Waals surface area (Å²) in [6.07, 6.45) is 4.51. The van der Waals surface area contributed by atoms with E-state index in [0.29, 0.717) is 11.6 Å². The summed E-state index contributed by atoms with van der Waals surface area (Å²) in [5.74, 6) is 0.518. The highest BCUT2D eigenvalue weighted by molar-refractivity contribution is 6.30. The SMILES string of the molecule is COc1cccc(CN(C(=O)Cc2ccc(Cl)cc2)[C@H](C)C(=O)NC2CCCC2)c1. The van der Waals surface area contributed by atoms with Gasteiger partial charge in [0.25, 0.3) is 0 Å². The number of hydrogen-bond donors (Lipinski definition) is 1. The molecule has 1 atom stereocenters. The van der Waals surface area contributed by atoms with Crippen LogP contribution in [-0.2, 0) is 22.6 Å². The van der Waals surface area contributed by atoms with Gasteiger partial charge < -0.3 is 15.0 Å². The molecule has 0 radical (unpaired) electrons. The molecule has 3 rings (SSSR count). The fourth-order valence-corrected chi connectivity index (χ4v) is 3.95. The third-order valence-corrected chi connectivity index (χ3v) is 5.88. The Hall–Kier alpha value is -2.53. The number of methoxy groups -OCH3 is 1. The van der Waals surface area contributed by atoms with E-state index in [2.05, 4.69) is 5.32 Å². The second-order valence-electron chi connectivity index (χ2n) is 7.84. The smallest absolute Gasteiger partial charge is 0.242 e. The van der Waals surface area contributed by atoms with Gasteiger partial charge in [-0.3, -0.25) is 9.59 Å². The lowest BCUT2D eigenvalue weighted by molar-refractivity contribution is -0.140. The Morgan fingerprint density at radius 1 is 1.13 bits per heavy atom. The number of nitrogens with one attached hydrogen (secondary N) is 1. The molecule has 0 unspecified atom stereocenters. The first kappa shape index (κ1) is 22.2. The van der Waals surface area contributed by atoms with Crippen molar-refractivity contribution >= 4 is 23.4 Å². The standard InChI is InChI=1S/C24H29ClN2O3/c1-17(24(29)26-21-7-3-4-8-21)27(16-19-6-5-9-22(14-19)30-2)23(28)15-18-10-12-20(25)13-11-18/h5-6,9-14,17,21H,3-4,7-8,15-16H2,1-2H3,(H,26,29)/t17-/m1/s1. The molecule has 2 amide bonds. The number of carbonyl (C=O) groups is 2. The monoisotopic (exact) mass is 428 g/mol. The molecule has 0 heterocycles. The maximum atomic E-state index is 13.2. The molecule has 1 fully saturated rings. The predicted molar refractivity (Wildman–Crippen MR) is 119 cm³/mol. The molecule has 0 aliphatic heterocycles. The highest BCUT2D eigenvalue weighted by Crippen LogP contribution is 2.20. The zero-order chi connectivity index (χ0) is 21.5. The Kier molecular flexibility index (Phi) is 7.75. The normalized spacial score (nSPS) is 14.9. The highest BCUT2D eigenvalue weighted by atomic mass is 35.5. The molecule has 1 aliphatic rings. The molecule has 1 N–H and O–H groups in total. The van der Waals surface area contributed by atoms with Crippen molar-refractivity contribution < 1.29 is 14.3 Å².